The summed E-state index contributed by atoms with van der Waals surface area (Å²) < 4.78 is 10.9. The minimum atomic E-state index is -1.09. The van der Waals surface area contributed by atoms with E-state index in [1.807, 2.05) is 0 Å². The van der Waals surface area contributed by atoms with Gasteiger partial charge in [0.05, 0.1) is 27.4 Å². The maximum Gasteiger partial charge on any atom is 0.343 e. The van der Waals surface area contributed by atoms with E-state index in [0.29, 0.717) is 10.0 Å². The summed E-state index contributed by atoms with van der Waals surface area (Å²) in [5.74, 6) is -3.54. The van der Waals surface area contributed by atoms with E-state index < -0.39 is 23.8 Å². The molecule has 0 radical (unpaired) electrons. The monoisotopic (exact) mass is 643 g/mol. The Kier molecular flexibility index (Phi) is 10.2. The number of anilines is 1. The first-order chi connectivity index (χ1) is 20.1. The smallest absolute Gasteiger partial charge is 0.343 e. The molecule has 2 amide bonds. The molecule has 0 aliphatic rings. The molecule has 0 saturated heterocycles. The maximum absolute atomic E-state index is 12.8. The molecule has 0 atom stereocenters. The Labute approximate surface area is 258 Å². The summed E-state index contributed by atoms with van der Waals surface area (Å²) in [5.41, 5.74) is 2.96. The lowest BCUT2D eigenvalue weighted by Crippen LogP contribution is -2.32. The second-order valence-electron chi connectivity index (χ2n) is 8.27. The van der Waals surface area contributed by atoms with Crippen LogP contribution in [0.4, 0.5) is 5.69 Å². The molecule has 0 fully saturated rings. The number of hydrogen-bond donors (Lipinski definition) is 2. The lowest BCUT2D eigenvalue weighted by atomic mass is 10.2. The van der Waals surface area contributed by atoms with Gasteiger partial charge in [0.15, 0.2) is 0 Å². The molecule has 0 unspecified atom stereocenters. The Morgan fingerprint density at radius 3 is 1.83 bits per heavy atom. The van der Waals surface area contributed by atoms with Crippen LogP contribution in [0.2, 0.25) is 20.1 Å². The summed E-state index contributed by atoms with van der Waals surface area (Å²) in [6.45, 7) is 0. The van der Waals surface area contributed by atoms with Gasteiger partial charge in [-0.25, -0.2) is 15.0 Å². The van der Waals surface area contributed by atoms with Crippen molar-refractivity contribution in [2.24, 2.45) is 5.10 Å². The molecule has 212 valence electrons. The number of benzene rings is 4. The minimum absolute atomic E-state index is 0.0519. The van der Waals surface area contributed by atoms with Crippen LogP contribution in [0.1, 0.15) is 26.3 Å². The zero-order chi connectivity index (χ0) is 30.2. The number of carbonyl (C=O) groups excluding carboxylic acids is 4. The van der Waals surface area contributed by atoms with Crippen molar-refractivity contribution >= 4 is 82.1 Å². The fourth-order valence-electron chi connectivity index (χ4n) is 3.24. The van der Waals surface area contributed by atoms with E-state index in [1.54, 1.807) is 0 Å². The second kappa shape index (κ2) is 14.0. The summed E-state index contributed by atoms with van der Waals surface area (Å²) >= 11 is 23.5. The van der Waals surface area contributed by atoms with Gasteiger partial charge in [0.1, 0.15) is 11.5 Å². The fraction of sp³-hybridized carbons (Fsp3) is 0. The third-order valence-corrected chi connectivity index (χ3v) is 6.55. The number of esters is 2. The lowest BCUT2D eigenvalue weighted by molar-refractivity contribution is -0.136. The minimum Gasteiger partial charge on any atom is -0.423 e. The van der Waals surface area contributed by atoms with Gasteiger partial charge in [-0.3, -0.25) is 9.59 Å². The van der Waals surface area contributed by atoms with Gasteiger partial charge in [0.25, 0.3) is 0 Å². The first-order valence-corrected chi connectivity index (χ1v) is 13.3. The SMILES string of the molecule is O=C(N/N=C\c1ccc(OC(=O)c2ccc(Cl)cc2)cc1OC(=O)c1ccc(Cl)cc1)C(=O)Nc1ccc(Cl)c(Cl)c1. The molecule has 42 heavy (non-hydrogen) atoms. The van der Waals surface area contributed by atoms with Crippen LogP contribution in [0.3, 0.4) is 0 Å². The normalized spacial score (nSPS) is 10.7. The molecule has 4 aromatic rings. The standard InChI is InChI=1S/C29H17Cl4N3O6/c30-19-6-1-16(2-7-19)28(39)41-22-11-5-18(25(14-22)42-29(40)17-3-8-20(31)9-4-17)15-34-36-27(38)26(37)35-21-10-12-23(32)24(33)13-21/h1-15H,(H,35,37)(H,36,38)/b34-15-. The van der Waals surface area contributed by atoms with E-state index in [4.69, 9.17) is 55.9 Å². The average molecular weight is 645 g/mol. The zero-order valence-electron chi connectivity index (χ0n) is 21.1. The van der Waals surface area contributed by atoms with Gasteiger partial charge in [-0.2, -0.15) is 5.10 Å². The molecular weight excluding hydrogens is 628 g/mol. The second-order valence-corrected chi connectivity index (χ2v) is 9.96. The zero-order valence-corrected chi connectivity index (χ0v) is 24.1. The van der Waals surface area contributed by atoms with Crippen molar-refractivity contribution < 1.29 is 28.7 Å². The number of nitrogens with zero attached hydrogens (tertiary/aromatic N) is 1. The summed E-state index contributed by atoms with van der Waals surface area (Å²) in [6, 6.07) is 20.5. The van der Waals surface area contributed by atoms with Crippen LogP contribution in [-0.2, 0) is 9.59 Å². The summed E-state index contributed by atoms with van der Waals surface area (Å²) in [4.78, 5) is 49.8. The maximum atomic E-state index is 12.8. The predicted octanol–water partition coefficient (Wildman–Crippen LogP) is 6.83. The van der Waals surface area contributed by atoms with Crippen LogP contribution >= 0.6 is 46.4 Å². The van der Waals surface area contributed by atoms with Gasteiger partial charge in [-0.05, 0) is 78.9 Å². The number of carbonyl (C=O) groups is 4. The van der Waals surface area contributed by atoms with Gasteiger partial charge in [-0.15, -0.1) is 0 Å². The van der Waals surface area contributed by atoms with Crippen LogP contribution in [-0.4, -0.2) is 30.0 Å². The molecule has 2 N–H and O–H groups in total. The summed E-state index contributed by atoms with van der Waals surface area (Å²) in [7, 11) is 0. The van der Waals surface area contributed by atoms with Crippen molar-refractivity contribution in [3.63, 3.8) is 0 Å². The highest BCUT2D eigenvalue weighted by Crippen LogP contribution is 2.27. The number of ether oxygens (including phenoxy) is 2. The van der Waals surface area contributed by atoms with Crippen molar-refractivity contribution in [1.82, 2.24) is 5.43 Å². The highest BCUT2D eigenvalue weighted by molar-refractivity contribution is 6.43. The number of hydrogen-bond acceptors (Lipinski definition) is 7. The Morgan fingerprint density at radius 1 is 0.643 bits per heavy atom. The Morgan fingerprint density at radius 2 is 1.24 bits per heavy atom. The van der Waals surface area contributed by atoms with Gasteiger partial charge in [0, 0.05) is 27.4 Å². The third kappa shape index (κ3) is 8.31. The molecule has 4 rings (SSSR count). The molecule has 9 nitrogen and oxygen atoms in total. The number of rotatable bonds is 7. The van der Waals surface area contributed by atoms with Crippen molar-refractivity contribution in [1.29, 1.82) is 0 Å². The summed E-state index contributed by atoms with van der Waals surface area (Å²) in [6.07, 6.45) is 1.14. The number of amides is 2. The summed E-state index contributed by atoms with van der Waals surface area (Å²) in [5, 5.41) is 7.48. The van der Waals surface area contributed by atoms with Crippen molar-refractivity contribution in [2.45, 2.75) is 0 Å². The molecule has 0 aromatic heterocycles. The molecule has 0 aliphatic heterocycles. The number of halogens is 4. The fourth-order valence-corrected chi connectivity index (χ4v) is 3.79. The van der Waals surface area contributed by atoms with Crippen LogP contribution < -0.4 is 20.2 Å². The molecule has 0 bridgehead atoms. The highest BCUT2D eigenvalue weighted by Gasteiger charge is 2.16. The van der Waals surface area contributed by atoms with E-state index in [0.717, 1.165) is 6.21 Å². The van der Waals surface area contributed by atoms with E-state index in [2.05, 4.69) is 15.8 Å². The van der Waals surface area contributed by atoms with E-state index in [9.17, 15) is 19.2 Å². The quantitative estimate of drug-likeness (QED) is 0.0748. The molecule has 13 heteroatoms. The van der Waals surface area contributed by atoms with Crippen molar-refractivity contribution in [3.05, 3.63) is 122 Å². The van der Waals surface area contributed by atoms with Crippen LogP contribution in [0.25, 0.3) is 0 Å². The van der Waals surface area contributed by atoms with Gasteiger partial charge in [0.2, 0.25) is 0 Å². The van der Waals surface area contributed by atoms with Gasteiger partial charge in [-0.1, -0.05) is 46.4 Å². The number of hydrazone groups is 1. The number of nitrogens with one attached hydrogen (secondary N) is 2. The Bertz CT molecular complexity index is 1690. The first-order valence-electron chi connectivity index (χ1n) is 11.8. The van der Waals surface area contributed by atoms with Gasteiger partial charge < -0.3 is 14.8 Å². The molecule has 0 heterocycles. The van der Waals surface area contributed by atoms with E-state index >= 15 is 0 Å². The van der Waals surface area contributed by atoms with Crippen LogP contribution in [0.15, 0.2) is 90.0 Å². The van der Waals surface area contributed by atoms with E-state index in [-0.39, 0.29) is 43.9 Å². The van der Waals surface area contributed by atoms with E-state index in [1.165, 1.54) is 84.9 Å². The Balaban J connectivity index is 1.51. The highest BCUT2D eigenvalue weighted by atomic mass is 35.5. The van der Waals surface area contributed by atoms with Crippen molar-refractivity contribution in [2.75, 3.05) is 5.32 Å². The Hall–Kier alpha value is -4.41. The molecule has 0 aliphatic carbocycles. The molecule has 0 spiro atoms. The van der Waals surface area contributed by atoms with Crippen LogP contribution in [0, 0.1) is 0 Å². The molecule has 0 saturated carbocycles. The molecular formula is C29H17Cl4N3O6. The largest absolute Gasteiger partial charge is 0.423 e. The average Bonchev–Trinajstić information content (AvgIpc) is 2.96. The van der Waals surface area contributed by atoms with Crippen LogP contribution in [0.5, 0.6) is 11.5 Å². The first kappa shape index (κ1) is 30.5. The molecule has 4 aromatic carbocycles. The topological polar surface area (TPSA) is 123 Å². The van der Waals surface area contributed by atoms with Crippen molar-refractivity contribution in [3.8, 4) is 11.5 Å². The van der Waals surface area contributed by atoms with Gasteiger partial charge >= 0.3 is 23.8 Å². The lowest BCUT2D eigenvalue weighted by Gasteiger charge is -2.11. The predicted molar refractivity (Wildman–Crippen MR) is 160 cm³/mol. The third-order valence-electron chi connectivity index (χ3n) is 5.31.